The normalized spacial score (nSPS) is 10.8. The second-order valence-electron chi connectivity index (χ2n) is 5.35. The number of hydrogen-bond acceptors (Lipinski definition) is 4. The van der Waals surface area contributed by atoms with Gasteiger partial charge in [0.2, 0.25) is 0 Å². The number of nitrogens with zero attached hydrogens (tertiary/aromatic N) is 2. The molecule has 0 fully saturated rings. The van der Waals surface area contributed by atoms with Crippen LogP contribution in [0.5, 0.6) is 5.75 Å². The van der Waals surface area contributed by atoms with Gasteiger partial charge >= 0.3 is 0 Å². The Bertz CT molecular complexity index is 670. The van der Waals surface area contributed by atoms with Crippen molar-refractivity contribution in [1.82, 2.24) is 15.1 Å². The van der Waals surface area contributed by atoms with E-state index in [0.29, 0.717) is 24.5 Å². The van der Waals surface area contributed by atoms with E-state index in [1.54, 1.807) is 6.07 Å². The lowest BCUT2D eigenvalue weighted by Gasteiger charge is -2.14. The highest BCUT2D eigenvalue weighted by atomic mass is 19.1. The fourth-order valence-corrected chi connectivity index (χ4v) is 2.12. The van der Waals surface area contributed by atoms with Gasteiger partial charge in [-0.3, -0.25) is 9.89 Å². The van der Waals surface area contributed by atoms with E-state index in [0.717, 1.165) is 12.1 Å². The van der Waals surface area contributed by atoms with Gasteiger partial charge in [-0.15, -0.1) is 0 Å². The fraction of sp³-hybridized carbons (Fsp3) is 0.375. The van der Waals surface area contributed by atoms with Gasteiger partial charge in [-0.25, -0.2) is 4.39 Å². The van der Waals surface area contributed by atoms with Crippen LogP contribution >= 0.6 is 0 Å². The Balaban J connectivity index is 2.18. The van der Waals surface area contributed by atoms with Crippen LogP contribution in [0.4, 0.5) is 10.1 Å². The SMILES string of the molecule is CCOc1cn[nH]c1C(=O)Nc1ccc(F)cc1CCN(C)C. The predicted octanol–water partition coefficient (Wildman–Crippen LogP) is 2.30. The zero-order valence-electron chi connectivity index (χ0n) is 13.5. The van der Waals surface area contributed by atoms with Gasteiger partial charge in [0, 0.05) is 12.2 Å². The summed E-state index contributed by atoms with van der Waals surface area (Å²) >= 11 is 0. The van der Waals surface area contributed by atoms with E-state index < -0.39 is 0 Å². The van der Waals surface area contributed by atoms with Crippen LogP contribution in [0.2, 0.25) is 0 Å². The van der Waals surface area contributed by atoms with Crippen LogP contribution in [-0.4, -0.2) is 48.3 Å². The molecule has 0 saturated heterocycles. The van der Waals surface area contributed by atoms with Gasteiger partial charge in [0.05, 0.1) is 12.8 Å². The number of H-pyrrole nitrogens is 1. The van der Waals surface area contributed by atoms with Crippen molar-refractivity contribution in [3.8, 4) is 5.75 Å². The van der Waals surface area contributed by atoms with Gasteiger partial charge in [-0.05, 0) is 51.2 Å². The number of carbonyl (C=O) groups is 1. The number of hydrogen-bond donors (Lipinski definition) is 2. The van der Waals surface area contributed by atoms with Crippen LogP contribution in [0, 0.1) is 5.82 Å². The summed E-state index contributed by atoms with van der Waals surface area (Å²) in [4.78, 5) is 14.4. The molecular weight excluding hydrogens is 299 g/mol. The maximum absolute atomic E-state index is 13.5. The van der Waals surface area contributed by atoms with Crippen LogP contribution in [0.25, 0.3) is 0 Å². The number of rotatable bonds is 7. The third kappa shape index (κ3) is 4.53. The second kappa shape index (κ2) is 7.73. The number of aromatic amines is 1. The lowest BCUT2D eigenvalue weighted by atomic mass is 10.1. The maximum atomic E-state index is 13.5. The Kier molecular flexibility index (Phi) is 5.70. The largest absolute Gasteiger partial charge is 0.490 e. The molecule has 2 N–H and O–H groups in total. The van der Waals surface area contributed by atoms with Gasteiger partial charge < -0.3 is 15.0 Å². The van der Waals surface area contributed by atoms with Crippen LogP contribution in [0.15, 0.2) is 24.4 Å². The molecule has 0 saturated carbocycles. The molecule has 0 atom stereocenters. The number of benzene rings is 1. The van der Waals surface area contributed by atoms with Crippen LogP contribution in [0.3, 0.4) is 0 Å². The summed E-state index contributed by atoms with van der Waals surface area (Å²) in [5, 5.41) is 9.23. The Morgan fingerprint density at radius 3 is 2.91 bits per heavy atom. The lowest BCUT2D eigenvalue weighted by Crippen LogP contribution is -2.18. The van der Waals surface area contributed by atoms with E-state index in [1.165, 1.54) is 18.3 Å². The zero-order chi connectivity index (χ0) is 16.8. The second-order valence-corrected chi connectivity index (χ2v) is 5.35. The summed E-state index contributed by atoms with van der Waals surface area (Å²) in [6, 6.07) is 4.33. The minimum Gasteiger partial charge on any atom is -0.490 e. The van der Waals surface area contributed by atoms with Crippen molar-refractivity contribution in [1.29, 1.82) is 0 Å². The van der Waals surface area contributed by atoms with Gasteiger partial charge in [0.1, 0.15) is 5.82 Å². The molecule has 0 aliphatic carbocycles. The van der Waals surface area contributed by atoms with Gasteiger partial charge in [-0.1, -0.05) is 0 Å². The summed E-state index contributed by atoms with van der Waals surface area (Å²) in [6.45, 7) is 3.01. The standard InChI is InChI=1S/C16H21FN4O2/c1-4-23-14-10-18-20-15(14)16(22)19-13-6-5-12(17)9-11(13)7-8-21(2)3/h5-6,9-10H,4,7-8H2,1-3H3,(H,18,20)(H,19,22). The molecule has 124 valence electrons. The van der Waals surface area contributed by atoms with E-state index >= 15 is 0 Å². The number of halogens is 1. The molecule has 0 aliphatic heterocycles. The van der Waals surface area contributed by atoms with Crippen molar-refractivity contribution in [2.24, 2.45) is 0 Å². The number of nitrogens with one attached hydrogen (secondary N) is 2. The average molecular weight is 320 g/mol. The number of aromatic nitrogens is 2. The summed E-state index contributed by atoms with van der Waals surface area (Å²) in [6.07, 6.45) is 2.08. The average Bonchev–Trinajstić information content (AvgIpc) is 2.96. The highest BCUT2D eigenvalue weighted by Crippen LogP contribution is 2.21. The van der Waals surface area contributed by atoms with Crippen LogP contribution in [0.1, 0.15) is 23.0 Å². The van der Waals surface area contributed by atoms with Gasteiger partial charge in [0.15, 0.2) is 11.4 Å². The molecule has 7 heteroatoms. The van der Waals surface area contributed by atoms with Gasteiger partial charge in [-0.2, -0.15) is 5.10 Å². The molecule has 2 rings (SSSR count). The number of likely N-dealkylation sites (N-methyl/N-ethyl adjacent to an activating group) is 1. The van der Waals surface area contributed by atoms with E-state index in [-0.39, 0.29) is 17.4 Å². The molecule has 2 aromatic rings. The van der Waals surface area contributed by atoms with E-state index in [2.05, 4.69) is 15.5 Å². The van der Waals surface area contributed by atoms with Crippen molar-refractivity contribution in [3.63, 3.8) is 0 Å². The Morgan fingerprint density at radius 2 is 2.22 bits per heavy atom. The molecule has 6 nitrogen and oxygen atoms in total. The van der Waals surface area contributed by atoms with Crippen molar-refractivity contribution in [2.75, 3.05) is 32.6 Å². The van der Waals surface area contributed by atoms with Gasteiger partial charge in [0.25, 0.3) is 5.91 Å². The first-order chi connectivity index (χ1) is 11.0. The molecule has 23 heavy (non-hydrogen) atoms. The number of amides is 1. The Hall–Kier alpha value is -2.41. The highest BCUT2D eigenvalue weighted by molar-refractivity contribution is 6.05. The number of ether oxygens (including phenoxy) is 1. The molecular formula is C16H21FN4O2. The molecule has 0 bridgehead atoms. The van der Waals surface area contributed by atoms with Crippen LogP contribution in [-0.2, 0) is 6.42 Å². The monoisotopic (exact) mass is 320 g/mol. The fourth-order valence-electron chi connectivity index (χ4n) is 2.12. The van der Waals surface area contributed by atoms with Crippen LogP contribution < -0.4 is 10.1 Å². The first-order valence-corrected chi connectivity index (χ1v) is 7.42. The number of carbonyl (C=O) groups excluding carboxylic acids is 1. The molecule has 1 amide bonds. The molecule has 0 spiro atoms. The zero-order valence-corrected chi connectivity index (χ0v) is 13.5. The predicted molar refractivity (Wildman–Crippen MR) is 86.4 cm³/mol. The van der Waals surface area contributed by atoms with E-state index in [9.17, 15) is 9.18 Å². The molecule has 0 aliphatic rings. The smallest absolute Gasteiger partial charge is 0.277 e. The Labute approximate surface area is 134 Å². The molecule has 0 radical (unpaired) electrons. The minimum atomic E-state index is -0.372. The summed E-state index contributed by atoms with van der Waals surface area (Å²) in [5.41, 5.74) is 1.56. The highest BCUT2D eigenvalue weighted by Gasteiger charge is 2.16. The van der Waals surface area contributed by atoms with Crippen molar-refractivity contribution in [3.05, 3.63) is 41.5 Å². The van der Waals surface area contributed by atoms with Crippen molar-refractivity contribution < 1.29 is 13.9 Å². The summed E-state index contributed by atoms with van der Waals surface area (Å²) in [7, 11) is 3.88. The minimum absolute atomic E-state index is 0.245. The topological polar surface area (TPSA) is 70.2 Å². The van der Waals surface area contributed by atoms with E-state index in [4.69, 9.17) is 4.74 Å². The lowest BCUT2D eigenvalue weighted by molar-refractivity contribution is 0.101. The molecule has 1 aromatic heterocycles. The number of anilines is 1. The maximum Gasteiger partial charge on any atom is 0.277 e. The quantitative estimate of drug-likeness (QED) is 0.821. The Morgan fingerprint density at radius 1 is 1.43 bits per heavy atom. The summed E-state index contributed by atoms with van der Waals surface area (Å²) < 4.78 is 18.8. The van der Waals surface area contributed by atoms with Crippen molar-refractivity contribution >= 4 is 11.6 Å². The van der Waals surface area contributed by atoms with Crippen molar-refractivity contribution in [2.45, 2.75) is 13.3 Å². The summed E-state index contributed by atoms with van der Waals surface area (Å²) in [5.74, 6) is -0.307. The first kappa shape index (κ1) is 17.0. The first-order valence-electron chi connectivity index (χ1n) is 7.42. The third-order valence-electron chi connectivity index (χ3n) is 3.28. The molecule has 1 aromatic carbocycles. The van der Waals surface area contributed by atoms with E-state index in [1.807, 2.05) is 25.9 Å². The molecule has 0 unspecified atom stereocenters. The third-order valence-corrected chi connectivity index (χ3v) is 3.28. The molecule has 1 heterocycles.